The quantitative estimate of drug-likeness (QED) is 0.322. The van der Waals surface area contributed by atoms with Crippen molar-refractivity contribution < 1.29 is 27.1 Å². The molecular weight excluding hydrogens is 461 g/mol. The minimum atomic E-state index is -3.33. The van der Waals surface area contributed by atoms with Gasteiger partial charge in [-0.15, -0.1) is 0 Å². The average molecular weight is 496 g/mol. The largest absolute Gasteiger partial charge is 0.490 e. The van der Waals surface area contributed by atoms with Crippen molar-refractivity contribution in [2.75, 3.05) is 44.3 Å². The summed E-state index contributed by atoms with van der Waals surface area (Å²) in [5.41, 5.74) is 0.814. The van der Waals surface area contributed by atoms with Crippen LogP contribution >= 0.6 is 0 Å². The predicted molar refractivity (Wildman–Crippen MR) is 126 cm³/mol. The Morgan fingerprint density at radius 1 is 1.15 bits per heavy atom. The van der Waals surface area contributed by atoms with Gasteiger partial charge in [-0.2, -0.15) is 0 Å². The van der Waals surface area contributed by atoms with Crippen LogP contribution < -0.4 is 15.4 Å². The number of halogens is 1. The number of ether oxygens (including phenoxy) is 1. The summed E-state index contributed by atoms with van der Waals surface area (Å²) in [7, 11) is -3.33. The summed E-state index contributed by atoms with van der Waals surface area (Å²) >= 11 is 0. The minimum absolute atomic E-state index is 0.0239. The lowest BCUT2D eigenvalue weighted by Gasteiger charge is -2.24. The highest BCUT2D eigenvalue weighted by Crippen LogP contribution is 2.35. The normalized spacial score (nSPS) is 21.7. The summed E-state index contributed by atoms with van der Waals surface area (Å²) in [6, 6.07) is 4.39. The van der Waals surface area contributed by atoms with Crippen LogP contribution in [0.25, 0.3) is 0 Å². The Hall–Kier alpha value is -2.20. The fourth-order valence-electron chi connectivity index (χ4n) is 4.70. The van der Waals surface area contributed by atoms with Crippen molar-refractivity contribution in [2.24, 2.45) is 11.8 Å². The lowest BCUT2D eigenvalue weighted by atomic mass is 9.86. The number of hydrogen-bond acceptors (Lipinski definition) is 6. The molecule has 2 saturated heterocycles. The molecule has 2 atom stereocenters. The van der Waals surface area contributed by atoms with E-state index in [2.05, 4.69) is 10.6 Å². The van der Waals surface area contributed by atoms with Gasteiger partial charge in [0.2, 0.25) is 5.91 Å². The molecule has 0 spiro atoms. The first-order chi connectivity index (χ1) is 16.3. The molecule has 1 aromatic carbocycles. The molecule has 0 radical (unpaired) electrons. The summed E-state index contributed by atoms with van der Waals surface area (Å²) in [6.45, 7) is 2.60. The average Bonchev–Trinajstić information content (AvgIpc) is 3.34. The van der Waals surface area contributed by atoms with Gasteiger partial charge in [0.05, 0.1) is 18.1 Å². The Morgan fingerprint density at radius 3 is 2.65 bits per heavy atom. The Bertz CT molecular complexity index is 992. The van der Waals surface area contributed by atoms with Gasteiger partial charge >= 0.3 is 6.03 Å². The zero-order valence-corrected chi connectivity index (χ0v) is 20.2. The summed E-state index contributed by atoms with van der Waals surface area (Å²) in [5.74, 6) is 0.0365. The van der Waals surface area contributed by atoms with Gasteiger partial charge in [0.15, 0.2) is 21.4 Å². The van der Waals surface area contributed by atoms with Crippen molar-refractivity contribution in [1.82, 2.24) is 15.5 Å². The van der Waals surface area contributed by atoms with Crippen LogP contribution in [0.1, 0.15) is 50.0 Å². The second kappa shape index (κ2) is 11.0. The first-order valence-corrected chi connectivity index (χ1v) is 14.0. The summed E-state index contributed by atoms with van der Waals surface area (Å²) in [5, 5.41) is 5.55. The third-order valence-electron chi connectivity index (χ3n) is 6.91. The van der Waals surface area contributed by atoms with Crippen LogP contribution in [0.2, 0.25) is 0 Å². The Kier molecular flexibility index (Phi) is 8.08. The highest BCUT2D eigenvalue weighted by molar-refractivity contribution is 7.91. The number of hydrogen-bond donors (Lipinski definition) is 2. The molecule has 188 valence electrons. The van der Waals surface area contributed by atoms with Gasteiger partial charge in [0, 0.05) is 12.5 Å². The second-order valence-corrected chi connectivity index (χ2v) is 12.0. The molecule has 0 aromatic heterocycles. The van der Waals surface area contributed by atoms with Crippen LogP contribution in [0.15, 0.2) is 18.2 Å². The molecule has 3 fully saturated rings. The topological polar surface area (TPSA) is 105 Å². The first kappa shape index (κ1) is 24.9. The van der Waals surface area contributed by atoms with Crippen molar-refractivity contribution in [1.29, 1.82) is 0 Å². The number of sulfone groups is 1. The fourth-order valence-corrected chi connectivity index (χ4v) is 6.52. The van der Waals surface area contributed by atoms with Gasteiger partial charge in [-0.05, 0) is 74.7 Å². The number of urea groups is 1. The van der Waals surface area contributed by atoms with E-state index >= 15 is 0 Å². The van der Waals surface area contributed by atoms with Gasteiger partial charge in [0.25, 0.3) is 0 Å². The van der Waals surface area contributed by atoms with Crippen molar-refractivity contribution in [3.63, 3.8) is 0 Å². The molecule has 2 N–H and O–H groups in total. The number of unbranched alkanes of at least 4 members (excludes halogenated alkanes) is 2. The van der Waals surface area contributed by atoms with Crippen LogP contribution in [0, 0.1) is 17.7 Å². The third kappa shape index (κ3) is 6.91. The van der Waals surface area contributed by atoms with Crippen molar-refractivity contribution in [2.45, 2.75) is 44.4 Å². The lowest BCUT2D eigenvalue weighted by Crippen LogP contribution is -2.29. The van der Waals surface area contributed by atoms with E-state index in [1.165, 1.54) is 11.0 Å². The number of rotatable bonds is 13. The van der Waals surface area contributed by atoms with E-state index in [4.69, 9.17) is 4.74 Å². The number of carbonyl (C=O) groups excluding carboxylic acids is 2. The highest BCUT2D eigenvalue weighted by atomic mass is 32.2. The maximum Gasteiger partial charge on any atom is 0.324 e. The van der Waals surface area contributed by atoms with Gasteiger partial charge in [-0.3, -0.25) is 10.1 Å². The standard InChI is InChI=1S/C24H34FN3O5S/c25-21-7-6-18(12-22(21)33-15-17-4-5-17)20(19-8-9-26-13-19)16-34(31,32)11-3-1-2-10-28-14-23(29)27-24(28)30/h6-7,12,17,19-20,26H,1-5,8-11,13-16H2,(H,27,29,30)/t19?,20-/m0/s1. The minimum Gasteiger partial charge on any atom is -0.490 e. The van der Waals surface area contributed by atoms with Crippen molar-refractivity contribution >= 4 is 21.8 Å². The molecule has 3 aliphatic rings. The Morgan fingerprint density at radius 2 is 1.97 bits per heavy atom. The maximum atomic E-state index is 14.3. The van der Waals surface area contributed by atoms with Crippen LogP contribution in [0.5, 0.6) is 5.75 Å². The smallest absolute Gasteiger partial charge is 0.324 e. The van der Waals surface area contributed by atoms with Crippen LogP contribution in [0.3, 0.4) is 0 Å². The van der Waals surface area contributed by atoms with Crippen molar-refractivity contribution in [3.8, 4) is 5.75 Å². The highest BCUT2D eigenvalue weighted by Gasteiger charge is 2.31. The predicted octanol–water partition coefficient (Wildman–Crippen LogP) is 2.44. The van der Waals surface area contributed by atoms with Gasteiger partial charge in [-0.1, -0.05) is 12.5 Å². The van der Waals surface area contributed by atoms with E-state index in [-0.39, 0.29) is 47.6 Å². The molecule has 3 amide bonds. The van der Waals surface area contributed by atoms with Crippen LogP contribution in [-0.2, 0) is 14.6 Å². The molecule has 2 aliphatic heterocycles. The number of imide groups is 1. The summed E-state index contributed by atoms with van der Waals surface area (Å²) in [6.07, 6.45) is 4.90. The second-order valence-electron chi connectivity index (χ2n) is 9.75. The molecule has 1 aliphatic carbocycles. The van der Waals surface area contributed by atoms with Crippen LogP contribution in [-0.4, -0.2) is 69.5 Å². The van der Waals surface area contributed by atoms with Gasteiger partial charge < -0.3 is 15.0 Å². The van der Waals surface area contributed by atoms with Crippen LogP contribution in [0.4, 0.5) is 9.18 Å². The van der Waals surface area contributed by atoms with Gasteiger partial charge in [-0.25, -0.2) is 17.6 Å². The molecule has 8 nitrogen and oxygen atoms in total. The molecule has 34 heavy (non-hydrogen) atoms. The number of amides is 3. The third-order valence-corrected chi connectivity index (χ3v) is 8.68. The zero-order valence-electron chi connectivity index (χ0n) is 19.4. The molecule has 4 rings (SSSR count). The molecule has 1 saturated carbocycles. The van der Waals surface area contributed by atoms with Crippen molar-refractivity contribution in [3.05, 3.63) is 29.6 Å². The summed E-state index contributed by atoms with van der Waals surface area (Å²) in [4.78, 5) is 24.2. The number of nitrogens with zero attached hydrogens (tertiary/aromatic N) is 1. The van der Waals surface area contributed by atoms with E-state index < -0.39 is 15.7 Å². The Balaban J connectivity index is 1.33. The first-order valence-electron chi connectivity index (χ1n) is 12.2. The Labute approximate surface area is 200 Å². The number of nitrogens with one attached hydrogen (secondary N) is 2. The number of benzene rings is 1. The molecule has 1 aromatic rings. The molecule has 0 bridgehead atoms. The molecule has 1 unspecified atom stereocenters. The molecule has 10 heteroatoms. The monoisotopic (exact) mass is 495 g/mol. The van der Waals surface area contributed by atoms with E-state index in [1.54, 1.807) is 12.1 Å². The molecule has 2 heterocycles. The lowest BCUT2D eigenvalue weighted by molar-refractivity contribution is -0.118. The fraction of sp³-hybridized carbons (Fsp3) is 0.667. The van der Waals surface area contributed by atoms with E-state index in [0.717, 1.165) is 37.9 Å². The van der Waals surface area contributed by atoms with E-state index in [0.29, 0.717) is 38.3 Å². The zero-order chi connectivity index (χ0) is 24.1. The van der Waals surface area contributed by atoms with Gasteiger partial charge in [0.1, 0.15) is 6.54 Å². The SMILES string of the molecule is O=C1CN(CCCCCS(=O)(=O)C[C@@H](c2ccc(F)c(OCC3CC3)c2)C2CCNC2)C(=O)N1. The maximum absolute atomic E-state index is 14.3. The summed E-state index contributed by atoms with van der Waals surface area (Å²) < 4.78 is 46.0. The molecular formula is C24H34FN3O5S. The van der Waals surface area contributed by atoms with E-state index in [1.807, 2.05) is 0 Å². The number of carbonyl (C=O) groups is 2. The van der Waals surface area contributed by atoms with E-state index in [9.17, 15) is 22.4 Å².